The number of aryl methyl sites for hydroxylation is 1. The van der Waals surface area contributed by atoms with Crippen LogP contribution in [0.2, 0.25) is 0 Å². The minimum absolute atomic E-state index is 0.208. The lowest BCUT2D eigenvalue weighted by Crippen LogP contribution is -2.03. The number of rotatable bonds is 5. The van der Waals surface area contributed by atoms with Gasteiger partial charge >= 0.3 is 0 Å². The van der Waals surface area contributed by atoms with E-state index in [1.54, 1.807) is 13.0 Å². The molecule has 0 unspecified atom stereocenters. The molecule has 0 aliphatic carbocycles. The molecule has 0 aliphatic rings. The van der Waals surface area contributed by atoms with Crippen molar-refractivity contribution in [3.8, 4) is 11.3 Å². The molecular weight excluding hydrogens is 394 g/mol. The summed E-state index contributed by atoms with van der Waals surface area (Å²) in [5, 5.41) is 11.2. The number of hydrogen-bond donors (Lipinski definition) is 1. The maximum absolute atomic E-state index is 10.1. The van der Waals surface area contributed by atoms with Gasteiger partial charge in [0.2, 0.25) is 0 Å². The number of nitrogens with zero attached hydrogens (tertiary/aromatic N) is 3. The van der Waals surface area contributed by atoms with Crippen LogP contribution in [0.25, 0.3) is 33.9 Å². The molecule has 0 spiro atoms. The van der Waals surface area contributed by atoms with Gasteiger partial charge in [-0.05, 0) is 61.2 Å². The largest absolute Gasteiger partial charge is 0.513 e. The number of aromatic nitrogens is 2. The summed E-state index contributed by atoms with van der Waals surface area (Å²) in [6, 6.07) is 12.9. The van der Waals surface area contributed by atoms with Crippen molar-refractivity contribution in [1.29, 1.82) is 0 Å². The van der Waals surface area contributed by atoms with Gasteiger partial charge in [-0.2, -0.15) is 0 Å². The smallest absolute Gasteiger partial charge is 0.147 e. The quantitative estimate of drug-likeness (QED) is 0.260. The zero-order chi connectivity index (χ0) is 23.2. The number of benzene rings is 2. The molecule has 0 atom stereocenters. The Morgan fingerprint density at radius 2 is 1.69 bits per heavy atom. The molecule has 2 heterocycles. The van der Waals surface area contributed by atoms with Crippen molar-refractivity contribution in [2.24, 2.45) is 4.99 Å². The highest BCUT2D eigenvalue weighted by Gasteiger charge is 2.23. The highest BCUT2D eigenvalue weighted by Crippen LogP contribution is 2.41. The Balaban J connectivity index is 2.28. The summed E-state index contributed by atoms with van der Waals surface area (Å²) < 4.78 is 2.22. The van der Waals surface area contributed by atoms with Gasteiger partial charge < -0.3 is 5.11 Å². The second-order valence-electron chi connectivity index (χ2n) is 9.10. The van der Waals surface area contributed by atoms with Gasteiger partial charge in [0.25, 0.3) is 0 Å². The van der Waals surface area contributed by atoms with Crippen LogP contribution in [0.4, 0.5) is 5.69 Å². The van der Waals surface area contributed by atoms with Gasteiger partial charge in [-0.3, -0.25) is 9.39 Å². The number of hydrogen-bond acceptors (Lipinski definition) is 3. The maximum Gasteiger partial charge on any atom is 0.147 e. The summed E-state index contributed by atoms with van der Waals surface area (Å²) in [6.07, 6.45) is 3.70. The standard InChI is InChI=1S/C28H31N3O/c1-16(2)20-11-9-12-21(17(3)4)26(20)24-15-30-28-22(14-19(6)32)27(29-7)25-18(5)10-8-13-23(25)31(24)28/h8-17,32H,7H2,1-6H3/b19-14+. The third-order valence-electron chi connectivity index (χ3n) is 6.13. The first-order valence-corrected chi connectivity index (χ1v) is 11.2. The van der Waals surface area contributed by atoms with Crippen molar-refractivity contribution < 1.29 is 5.11 Å². The Morgan fingerprint density at radius 3 is 2.25 bits per heavy atom. The van der Waals surface area contributed by atoms with Crippen LogP contribution >= 0.6 is 0 Å². The summed E-state index contributed by atoms with van der Waals surface area (Å²) in [4.78, 5) is 9.23. The van der Waals surface area contributed by atoms with E-state index in [0.29, 0.717) is 11.8 Å². The van der Waals surface area contributed by atoms with E-state index in [9.17, 15) is 5.11 Å². The average Bonchev–Trinajstić information content (AvgIpc) is 3.18. The number of aliphatic hydroxyl groups is 1. The van der Waals surface area contributed by atoms with E-state index in [2.05, 4.69) is 87.1 Å². The molecule has 0 bridgehead atoms. The van der Waals surface area contributed by atoms with Gasteiger partial charge in [0, 0.05) is 16.5 Å². The molecule has 32 heavy (non-hydrogen) atoms. The number of imidazole rings is 1. The summed E-state index contributed by atoms with van der Waals surface area (Å²) in [5.74, 6) is 0.950. The molecular formula is C28H31N3O. The van der Waals surface area contributed by atoms with Crippen molar-refractivity contribution in [3.63, 3.8) is 0 Å². The highest BCUT2D eigenvalue weighted by atomic mass is 16.3. The third kappa shape index (κ3) is 3.40. The molecule has 0 saturated heterocycles. The molecule has 0 aliphatic heterocycles. The fraction of sp³-hybridized carbons (Fsp3) is 0.286. The molecule has 4 heteroatoms. The van der Waals surface area contributed by atoms with Gasteiger partial charge in [0.1, 0.15) is 5.65 Å². The molecule has 0 radical (unpaired) electrons. The summed E-state index contributed by atoms with van der Waals surface area (Å²) >= 11 is 0. The van der Waals surface area contributed by atoms with E-state index in [4.69, 9.17) is 4.98 Å². The zero-order valence-electron chi connectivity index (χ0n) is 19.8. The number of fused-ring (bicyclic) bond motifs is 3. The first-order chi connectivity index (χ1) is 15.3. The summed E-state index contributed by atoms with van der Waals surface area (Å²) in [7, 11) is 0. The molecule has 0 saturated carbocycles. The Morgan fingerprint density at radius 1 is 1.06 bits per heavy atom. The van der Waals surface area contributed by atoms with Gasteiger partial charge in [-0.15, -0.1) is 0 Å². The Bertz CT molecular complexity index is 1340. The summed E-state index contributed by atoms with van der Waals surface area (Å²) in [6.45, 7) is 16.5. The monoisotopic (exact) mass is 425 g/mol. The van der Waals surface area contributed by atoms with Crippen LogP contribution < -0.4 is 0 Å². The number of aliphatic hydroxyl groups excluding tert-OH is 1. The SMILES string of the molecule is C=Nc1c(/C=C(\C)O)c2ncc(-c3c(C(C)C)cccc3C(C)C)n2c2cccc(C)c12. The lowest BCUT2D eigenvalue weighted by molar-refractivity contribution is 0.420. The Labute approximate surface area is 190 Å². The lowest BCUT2D eigenvalue weighted by atomic mass is 9.87. The zero-order valence-corrected chi connectivity index (χ0v) is 19.8. The van der Waals surface area contributed by atoms with Crippen LogP contribution in [0.15, 0.2) is 53.3 Å². The third-order valence-corrected chi connectivity index (χ3v) is 6.13. The number of aliphatic imine (C=N–C) groups is 1. The summed E-state index contributed by atoms with van der Waals surface area (Å²) in [5.41, 5.74) is 9.35. The lowest BCUT2D eigenvalue weighted by Gasteiger charge is -2.21. The van der Waals surface area contributed by atoms with Crippen molar-refractivity contribution >= 4 is 35.0 Å². The second-order valence-corrected chi connectivity index (χ2v) is 9.10. The first kappa shape index (κ1) is 21.8. The normalized spacial score (nSPS) is 12.4. The van der Waals surface area contributed by atoms with Gasteiger partial charge in [0.15, 0.2) is 0 Å². The molecule has 0 amide bonds. The average molecular weight is 426 g/mol. The van der Waals surface area contributed by atoms with Crippen molar-refractivity contribution in [2.75, 3.05) is 0 Å². The molecule has 2 aromatic heterocycles. The van der Waals surface area contributed by atoms with Crippen LogP contribution in [0, 0.1) is 6.92 Å². The fourth-order valence-corrected chi connectivity index (χ4v) is 4.70. The van der Waals surface area contributed by atoms with Crippen LogP contribution in [0.1, 0.15) is 68.7 Å². The van der Waals surface area contributed by atoms with E-state index < -0.39 is 0 Å². The minimum atomic E-state index is 0.208. The molecule has 4 rings (SSSR count). The van der Waals surface area contributed by atoms with E-state index >= 15 is 0 Å². The maximum atomic E-state index is 10.1. The Hall–Kier alpha value is -3.40. The van der Waals surface area contributed by atoms with E-state index in [1.807, 2.05) is 6.20 Å². The molecule has 1 N–H and O–H groups in total. The molecule has 4 nitrogen and oxygen atoms in total. The highest BCUT2D eigenvalue weighted by molar-refractivity contribution is 6.02. The molecule has 164 valence electrons. The molecule has 4 aromatic rings. The number of allylic oxidation sites excluding steroid dienone is 1. The topological polar surface area (TPSA) is 49.9 Å². The van der Waals surface area contributed by atoms with Crippen molar-refractivity contribution in [1.82, 2.24) is 9.38 Å². The minimum Gasteiger partial charge on any atom is -0.513 e. The van der Waals surface area contributed by atoms with Gasteiger partial charge in [-0.1, -0.05) is 58.0 Å². The van der Waals surface area contributed by atoms with Crippen LogP contribution in [0.5, 0.6) is 0 Å². The van der Waals surface area contributed by atoms with Crippen molar-refractivity contribution in [2.45, 2.75) is 53.4 Å². The van der Waals surface area contributed by atoms with E-state index in [1.165, 1.54) is 16.7 Å². The van der Waals surface area contributed by atoms with Crippen LogP contribution in [-0.4, -0.2) is 21.2 Å². The van der Waals surface area contributed by atoms with Crippen LogP contribution in [0.3, 0.4) is 0 Å². The number of pyridine rings is 1. The van der Waals surface area contributed by atoms with Gasteiger partial charge in [-0.25, -0.2) is 4.98 Å². The fourth-order valence-electron chi connectivity index (χ4n) is 4.70. The van der Waals surface area contributed by atoms with Gasteiger partial charge in [0.05, 0.1) is 28.9 Å². The van der Waals surface area contributed by atoms with E-state index in [-0.39, 0.29) is 5.76 Å². The molecule has 0 fully saturated rings. The molecule has 2 aromatic carbocycles. The van der Waals surface area contributed by atoms with Crippen LogP contribution in [-0.2, 0) is 0 Å². The predicted octanol–water partition coefficient (Wildman–Crippen LogP) is 7.96. The first-order valence-electron chi connectivity index (χ1n) is 11.2. The van der Waals surface area contributed by atoms with E-state index in [0.717, 1.165) is 39.1 Å². The predicted molar refractivity (Wildman–Crippen MR) is 137 cm³/mol. The van der Waals surface area contributed by atoms with Crippen molar-refractivity contribution in [3.05, 3.63) is 70.6 Å². The second kappa shape index (κ2) is 8.27. The Kier molecular flexibility index (Phi) is 5.64.